The van der Waals surface area contributed by atoms with Gasteiger partial charge in [-0.3, -0.25) is 18.9 Å². The second-order valence-electron chi connectivity index (χ2n) is 14.7. The maximum absolute atomic E-state index is 14.2. The second-order valence-corrected chi connectivity index (χ2v) is 16.5. The molecule has 45 heavy (non-hydrogen) atoms. The minimum atomic E-state index is -3.92. The van der Waals surface area contributed by atoms with Gasteiger partial charge in [0.05, 0.1) is 47.8 Å². The van der Waals surface area contributed by atoms with Crippen molar-refractivity contribution >= 4 is 25.3 Å². The Morgan fingerprint density at radius 2 is 1.51 bits per heavy atom. The van der Waals surface area contributed by atoms with Gasteiger partial charge in [0.15, 0.2) is 5.78 Å². The Kier molecular flexibility index (Phi) is 11.8. The smallest absolute Gasteiger partial charge is 0.388 e. The first kappa shape index (κ1) is 36.8. The molecule has 12 heteroatoms. The maximum Gasteiger partial charge on any atom is 0.388 e. The molecule has 0 spiro atoms. The van der Waals surface area contributed by atoms with Gasteiger partial charge >= 0.3 is 13.6 Å². The molecule has 0 radical (unpaired) electrons. The largest absolute Gasteiger partial charge is 0.481 e. The standard InChI is InChI=1S/C33H48NO10P/c1-31(2,3)28(30(37)38)25(29(36)34-21-40-19-26(34)24-12-10-11-13-27(24)35)18-22-14-16-23(17-15-22)20-45(39,43-41-32(4,5)6)44-42-33(7,8)9/h10-17,24-26,28H,18-21H2,1-9H3,(H,37,38)/t24?,25-,26-,28?/m1/s1. The number of aliphatic carboxylic acids is 1. The quantitative estimate of drug-likeness (QED) is 0.157. The highest BCUT2D eigenvalue weighted by molar-refractivity contribution is 7.52. The molecule has 1 N–H and O–H groups in total. The van der Waals surface area contributed by atoms with Crippen LogP contribution in [0.15, 0.2) is 48.6 Å². The van der Waals surface area contributed by atoms with Crippen LogP contribution in [0.25, 0.3) is 0 Å². The first-order valence-corrected chi connectivity index (χ1v) is 16.8. The fourth-order valence-electron chi connectivity index (χ4n) is 5.21. The molecular weight excluding hydrogens is 601 g/mol. The molecule has 3 rings (SSSR count). The zero-order chi connectivity index (χ0) is 33.8. The van der Waals surface area contributed by atoms with Gasteiger partial charge in [0.25, 0.3) is 0 Å². The Hall–Kier alpha value is -2.66. The Morgan fingerprint density at radius 3 is 2.00 bits per heavy atom. The summed E-state index contributed by atoms with van der Waals surface area (Å²) >= 11 is 0. The number of benzene rings is 1. The third kappa shape index (κ3) is 10.7. The predicted octanol–water partition coefficient (Wildman–Crippen LogP) is 6.27. The van der Waals surface area contributed by atoms with E-state index in [0.29, 0.717) is 11.1 Å². The lowest BCUT2D eigenvalue weighted by atomic mass is 9.70. The topological polar surface area (TPSA) is 138 Å². The minimum absolute atomic E-state index is 0.0285. The average molecular weight is 650 g/mol. The number of allylic oxidation sites excluding steroid dienone is 3. The van der Waals surface area contributed by atoms with Crippen LogP contribution in [0.4, 0.5) is 0 Å². The number of hydrogen-bond acceptors (Lipinski definition) is 9. The molecule has 0 bridgehead atoms. The highest BCUT2D eigenvalue weighted by Crippen LogP contribution is 2.53. The van der Waals surface area contributed by atoms with E-state index in [0.717, 1.165) is 0 Å². The van der Waals surface area contributed by atoms with Crippen LogP contribution in [-0.4, -0.2) is 58.2 Å². The van der Waals surface area contributed by atoms with Crippen LogP contribution in [0.3, 0.4) is 0 Å². The number of ketones is 1. The summed E-state index contributed by atoms with van der Waals surface area (Å²) in [5.41, 5.74) is -0.969. The van der Waals surface area contributed by atoms with Crippen molar-refractivity contribution in [3.63, 3.8) is 0 Å². The molecule has 1 fully saturated rings. The number of nitrogens with zero attached hydrogens (tertiary/aromatic N) is 1. The van der Waals surface area contributed by atoms with Crippen molar-refractivity contribution in [1.29, 1.82) is 0 Å². The molecule has 1 aliphatic carbocycles. The average Bonchev–Trinajstić information content (AvgIpc) is 3.39. The normalized spacial score (nSPS) is 20.8. The summed E-state index contributed by atoms with van der Waals surface area (Å²) in [4.78, 5) is 51.6. The lowest BCUT2D eigenvalue weighted by Gasteiger charge is -2.37. The fraction of sp³-hybridized carbons (Fsp3) is 0.606. The van der Waals surface area contributed by atoms with E-state index in [-0.39, 0.29) is 37.6 Å². The number of carboxylic acid groups (broad SMARTS) is 1. The summed E-state index contributed by atoms with van der Waals surface area (Å²) in [7, 11) is -3.92. The van der Waals surface area contributed by atoms with Gasteiger partial charge in [0.1, 0.15) is 6.73 Å². The molecule has 1 aromatic carbocycles. The zero-order valence-corrected chi connectivity index (χ0v) is 28.7. The van der Waals surface area contributed by atoms with E-state index in [1.807, 2.05) is 0 Å². The summed E-state index contributed by atoms with van der Waals surface area (Å²) in [5, 5.41) is 10.3. The molecule has 2 aliphatic rings. The summed E-state index contributed by atoms with van der Waals surface area (Å²) in [6.45, 7) is 16.0. The number of carboxylic acids is 1. The van der Waals surface area contributed by atoms with Gasteiger partial charge in [-0.15, -0.1) is 9.35 Å². The van der Waals surface area contributed by atoms with Gasteiger partial charge in [-0.25, -0.2) is 9.78 Å². The first-order chi connectivity index (χ1) is 20.7. The van der Waals surface area contributed by atoms with E-state index in [9.17, 15) is 24.1 Å². The molecule has 11 nitrogen and oxygen atoms in total. The molecule has 2 unspecified atom stereocenters. The molecule has 1 aliphatic heterocycles. The van der Waals surface area contributed by atoms with Crippen molar-refractivity contribution in [2.24, 2.45) is 23.2 Å². The Bertz CT molecular complexity index is 1290. The number of rotatable bonds is 12. The molecular formula is C33H48NO10P. The number of amides is 1. The van der Waals surface area contributed by atoms with Crippen LogP contribution in [-0.2, 0) is 55.4 Å². The molecule has 0 aromatic heterocycles. The Morgan fingerprint density at radius 1 is 0.956 bits per heavy atom. The molecule has 1 saturated heterocycles. The molecule has 0 saturated carbocycles. The van der Waals surface area contributed by atoms with Gasteiger partial charge in [0.2, 0.25) is 5.91 Å². The van der Waals surface area contributed by atoms with Gasteiger partial charge in [0, 0.05) is 0 Å². The second kappa shape index (κ2) is 14.4. The third-order valence-corrected chi connectivity index (χ3v) is 8.57. The molecule has 4 atom stereocenters. The number of carbonyl (C=O) groups excluding carboxylic acids is 2. The summed E-state index contributed by atoms with van der Waals surface area (Å²) in [6.07, 6.45) is 6.60. The van der Waals surface area contributed by atoms with E-state index in [4.69, 9.17) is 23.9 Å². The van der Waals surface area contributed by atoms with E-state index < -0.39 is 54.0 Å². The van der Waals surface area contributed by atoms with Gasteiger partial charge < -0.3 is 14.7 Å². The molecule has 1 amide bonds. The van der Waals surface area contributed by atoms with Crippen molar-refractivity contribution in [1.82, 2.24) is 4.90 Å². The van der Waals surface area contributed by atoms with Gasteiger partial charge in [-0.2, -0.15) is 0 Å². The summed E-state index contributed by atoms with van der Waals surface area (Å²) < 4.78 is 29.8. The Labute approximate surface area is 266 Å². The van der Waals surface area contributed by atoms with Crippen LogP contribution >= 0.6 is 7.60 Å². The highest BCUT2D eigenvalue weighted by Gasteiger charge is 2.47. The van der Waals surface area contributed by atoms with Crippen LogP contribution in [0.1, 0.15) is 73.4 Å². The van der Waals surface area contributed by atoms with Crippen molar-refractivity contribution in [3.05, 3.63) is 59.7 Å². The number of hydrogen-bond donors (Lipinski definition) is 1. The van der Waals surface area contributed by atoms with Crippen LogP contribution < -0.4 is 0 Å². The van der Waals surface area contributed by atoms with Crippen LogP contribution in [0.2, 0.25) is 0 Å². The van der Waals surface area contributed by atoms with E-state index in [2.05, 4.69) is 0 Å². The zero-order valence-electron chi connectivity index (χ0n) is 27.8. The van der Waals surface area contributed by atoms with Crippen molar-refractivity contribution in [2.75, 3.05) is 13.3 Å². The Balaban J connectivity index is 1.88. The van der Waals surface area contributed by atoms with Crippen molar-refractivity contribution < 1.29 is 47.9 Å². The van der Waals surface area contributed by atoms with Crippen LogP contribution in [0, 0.1) is 23.2 Å². The highest BCUT2D eigenvalue weighted by atomic mass is 31.2. The van der Waals surface area contributed by atoms with E-state index >= 15 is 0 Å². The molecule has 250 valence electrons. The van der Waals surface area contributed by atoms with Gasteiger partial charge in [-0.1, -0.05) is 63.3 Å². The minimum Gasteiger partial charge on any atom is -0.481 e. The number of ether oxygens (including phenoxy) is 1. The maximum atomic E-state index is 14.2. The van der Waals surface area contributed by atoms with Crippen molar-refractivity contribution in [3.8, 4) is 0 Å². The monoisotopic (exact) mass is 649 g/mol. The molecule has 1 aromatic rings. The fourth-order valence-corrected chi connectivity index (χ4v) is 6.67. The SMILES string of the molecule is CC(C)(C)OOP(=O)(Cc1ccc(C[C@@H](C(=O)N2COC[C@@H]2C2C=CC=CC2=O)C(C(=O)O)C(C)(C)C)cc1)OOC(C)(C)C. The third-order valence-electron chi connectivity index (χ3n) is 7.21. The van der Waals surface area contributed by atoms with Crippen LogP contribution in [0.5, 0.6) is 0 Å². The lowest BCUT2D eigenvalue weighted by Crippen LogP contribution is -2.50. The van der Waals surface area contributed by atoms with E-state index in [1.165, 1.54) is 11.0 Å². The van der Waals surface area contributed by atoms with Gasteiger partial charge in [-0.05, 0) is 70.6 Å². The number of carbonyl (C=O) groups is 3. The lowest BCUT2D eigenvalue weighted by molar-refractivity contribution is -0.326. The summed E-state index contributed by atoms with van der Waals surface area (Å²) in [5.74, 6) is -4.15. The van der Waals surface area contributed by atoms with Crippen molar-refractivity contribution in [2.45, 2.75) is 92.1 Å². The molecule has 1 heterocycles. The predicted molar refractivity (Wildman–Crippen MR) is 168 cm³/mol. The first-order valence-electron chi connectivity index (χ1n) is 15.1. The summed E-state index contributed by atoms with van der Waals surface area (Å²) in [6, 6.07) is 6.42. The van der Waals surface area contributed by atoms with E-state index in [1.54, 1.807) is 105 Å².